The summed E-state index contributed by atoms with van der Waals surface area (Å²) in [6.07, 6.45) is -1.76. The zero-order chi connectivity index (χ0) is 20.6. The molecule has 1 aromatic carbocycles. The van der Waals surface area contributed by atoms with Gasteiger partial charge in [-0.05, 0) is 12.5 Å². The maximum absolute atomic E-state index is 12.4. The lowest BCUT2D eigenvalue weighted by atomic mass is 10.0. The van der Waals surface area contributed by atoms with Gasteiger partial charge >= 0.3 is 5.69 Å². The van der Waals surface area contributed by atoms with Crippen LogP contribution in [0.5, 0.6) is 0 Å². The number of nitrogens with one attached hydrogen (secondary N) is 1. The van der Waals surface area contributed by atoms with Gasteiger partial charge in [0.05, 0.1) is 6.10 Å². The second kappa shape index (κ2) is 7.70. The normalized spacial score (nSPS) is 14.9. The van der Waals surface area contributed by atoms with Crippen LogP contribution < -0.4 is 16.6 Å². The molecule has 0 bridgehead atoms. The van der Waals surface area contributed by atoms with Crippen LogP contribution in [0.3, 0.4) is 0 Å². The molecule has 0 saturated heterocycles. The van der Waals surface area contributed by atoms with Gasteiger partial charge in [0, 0.05) is 33.7 Å². The standard InChI is InChI=1S/C19H25N5O4/c1-11(15(26)12-8-6-5-7-9-12)20-10-13(25)16-21-17-14(22(16)2)18(27)24(4)19(28)23(17)3/h5-9,11,13,15,20,25-26H,10H2,1-4H3. The van der Waals surface area contributed by atoms with Crippen molar-refractivity contribution in [3.63, 3.8) is 0 Å². The van der Waals surface area contributed by atoms with Gasteiger partial charge < -0.3 is 20.1 Å². The smallest absolute Gasteiger partial charge is 0.332 e. The third kappa shape index (κ3) is 3.39. The van der Waals surface area contributed by atoms with Crippen molar-refractivity contribution >= 4 is 11.2 Å². The maximum Gasteiger partial charge on any atom is 0.332 e. The van der Waals surface area contributed by atoms with Crippen LogP contribution in [0.2, 0.25) is 0 Å². The van der Waals surface area contributed by atoms with Gasteiger partial charge in [-0.15, -0.1) is 0 Å². The van der Waals surface area contributed by atoms with Crippen LogP contribution >= 0.6 is 0 Å². The highest BCUT2D eigenvalue weighted by molar-refractivity contribution is 5.71. The minimum Gasteiger partial charge on any atom is -0.387 e. The van der Waals surface area contributed by atoms with Crippen LogP contribution in [0.15, 0.2) is 39.9 Å². The third-order valence-corrected chi connectivity index (χ3v) is 5.06. The Bertz CT molecular complexity index is 1100. The zero-order valence-corrected chi connectivity index (χ0v) is 16.3. The molecular weight excluding hydrogens is 362 g/mol. The summed E-state index contributed by atoms with van der Waals surface area (Å²) in [6, 6.07) is 8.93. The van der Waals surface area contributed by atoms with Crippen molar-refractivity contribution in [1.29, 1.82) is 0 Å². The van der Waals surface area contributed by atoms with E-state index in [1.165, 1.54) is 23.2 Å². The number of benzene rings is 1. The van der Waals surface area contributed by atoms with E-state index in [0.717, 1.165) is 10.1 Å². The summed E-state index contributed by atoms with van der Waals surface area (Å²) >= 11 is 0. The number of hydrogen-bond acceptors (Lipinski definition) is 6. The van der Waals surface area contributed by atoms with Gasteiger partial charge in [-0.25, -0.2) is 9.78 Å². The molecule has 3 N–H and O–H groups in total. The van der Waals surface area contributed by atoms with Gasteiger partial charge in [-0.1, -0.05) is 30.3 Å². The predicted octanol–water partition coefficient (Wildman–Crippen LogP) is -0.284. The number of rotatable bonds is 6. The molecule has 0 fully saturated rings. The van der Waals surface area contributed by atoms with Crippen LogP contribution in [-0.2, 0) is 21.1 Å². The number of aromatic nitrogens is 4. The SMILES string of the molecule is CC(NCC(O)c1nc2c(c(=O)n(C)c(=O)n2C)n1C)C(O)c1ccccc1. The average molecular weight is 387 g/mol. The van der Waals surface area contributed by atoms with Crippen molar-refractivity contribution in [1.82, 2.24) is 24.0 Å². The maximum atomic E-state index is 12.4. The second-order valence-corrected chi connectivity index (χ2v) is 6.98. The van der Waals surface area contributed by atoms with Crippen molar-refractivity contribution < 1.29 is 10.2 Å². The zero-order valence-electron chi connectivity index (χ0n) is 16.3. The van der Waals surface area contributed by atoms with Crippen LogP contribution in [0.1, 0.15) is 30.5 Å². The highest BCUT2D eigenvalue weighted by atomic mass is 16.3. The molecule has 0 radical (unpaired) electrons. The summed E-state index contributed by atoms with van der Waals surface area (Å²) in [4.78, 5) is 28.8. The molecule has 3 aromatic rings. The van der Waals surface area contributed by atoms with Crippen LogP contribution in [0, 0.1) is 0 Å². The van der Waals surface area contributed by atoms with Gasteiger partial charge in [0.15, 0.2) is 11.2 Å². The lowest BCUT2D eigenvalue weighted by Crippen LogP contribution is -2.37. The molecule has 2 aromatic heterocycles. The highest BCUT2D eigenvalue weighted by Crippen LogP contribution is 2.18. The Morgan fingerprint density at radius 2 is 1.68 bits per heavy atom. The number of aryl methyl sites for hydroxylation is 2. The van der Waals surface area contributed by atoms with Gasteiger partial charge in [-0.3, -0.25) is 13.9 Å². The number of nitrogens with zero attached hydrogens (tertiary/aromatic N) is 4. The lowest BCUT2D eigenvalue weighted by Gasteiger charge is -2.22. The molecular formula is C19H25N5O4. The Labute approximate surface area is 161 Å². The fraction of sp³-hybridized carbons (Fsp3) is 0.421. The predicted molar refractivity (Wildman–Crippen MR) is 105 cm³/mol. The van der Waals surface area contributed by atoms with Crippen LogP contribution in [0.4, 0.5) is 0 Å². The fourth-order valence-corrected chi connectivity index (χ4v) is 3.27. The minimum absolute atomic E-state index is 0.122. The van der Waals surface area contributed by atoms with Crippen molar-refractivity contribution in [2.75, 3.05) is 6.54 Å². The molecule has 28 heavy (non-hydrogen) atoms. The van der Waals surface area contributed by atoms with E-state index in [2.05, 4.69) is 10.3 Å². The van der Waals surface area contributed by atoms with E-state index < -0.39 is 23.5 Å². The van der Waals surface area contributed by atoms with E-state index in [4.69, 9.17) is 0 Å². The Morgan fingerprint density at radius 3 is 2.32 bits per heavy atom. The average Bonchev–Trinajstić information content (AvgIpc) is 3.06. The van der Waals surface area contributed by atoms with Crippen LogP contribution in [0.25, 0.3) is 11.2 Å². The number of imidazole rings is 1. The molecule has 3 atom stereocenters. The first-order chi connectivity index (χ1) is 13.2. The fourth-order valence-electron chi connectivity index (χ4n) is 3.27. The second-order valence-electron chi connectivity index (χ2n) is 6.98. The molecule has 9 heteroatoms. The van der Waals surface area contributed by atoms with E-state index in [1.807, 2.05) is 37.3 Å². The van der Waals surface area contributed by atoms with E-state index in [0.29, 0.717) is 0 Å². The summed E-state index contributed by atoms with van der Waals surface area (Å²) in [5, 5.41) is 24.1. The molecule has 0 aliphatic heterocycles. The highest BCUT2D eigenvalue weighted by Gasteiger charge is 2.23. The molecule has 0 aliphatic carbocycles. The van der Waals surface area contributed by atoms with Crippen molar-refractivity contribution in [3.8, 4) is 0 Å². The summed E-state index contributed by atoms with van der Waals surface area (Å²) in [5.74, 6) is 0.266. The lowest BCUT2D eigenvalue weighted by molar-refractivity contribution is 0.113. The van der Waals surface area contributed by atoms with Crippen molar-refractivity contribution in [2.45, 2.75) is 25.2 Å². The molecule has 0 saturated carbocycles. The molecule has 150 valence electrons. The van der Waals surface area contributed by atoms with E-state index >= 15 is 0 Å². The monoisotopic (exact) mass is 387 g/mol. The quantitative estimate of drug-likeness (QED) is 0.536. The summed E-state index contributed by atoms with van der Waals surface area (Å²) in [6.45, 7) is 1.94. The summed E-state index contributed by atoms with van der Waals surface area (Å²) in [5.41, 5.74) is 0.304. The molecule has 3 rings (SSSR count). The van der Waals surface area contributed by atoms with E-state index in [9.17, 15) is 19.8 Å². The molecule has 9 nitrogen and oxygen atoms in total. The minimum atomic E-state index is -1.03. The van der Waals surface area contributed by atoms with E-state index in [-0.39, 0.29) is 29.6 Å². The Hall–Kier alpha value is -2.75. The summed E-state index contributed by atoms with van der Waals surface area (Å²) in [7, 11) is 4.56. The first kappa shape index (κ1) is 20.0. The summed E-state index contributed by atoms with van der Waals surface area (Å²) < 4.78 is 3.79. The molecule has 2 heterocycles. The van der Waals surface area contributed by atoms with Crippen molar-refractivity contribution in [2.24, 2.45) is 21.1 Å². The third-order valence-electron chi connectivity index (χ3n) is 5.06. The molecule has 0 spiro atoms. The van der Waals surface area contributed by atoms with Gasteiger partial charge in [0.1, 0.15) is 11.9 Å². The van der Waals surface area contributed by atoms with Crippen LogP contribution in [-0.4, -0.2) is 41.5 Å². The first-order valence-electron chi connectivity index (χ1n) is 9.00. The Balaban J connectivity index is 1.82. The molecule has 3 unspecified atom stereocenters. The number of aliphatic hydroxyl groups excluding tert-OH is 2. The number of aliphatic hydroxyl groups is 2. The molecule has 0 aliphatic rings. The number of hydrogen-bond donors (Lipinski definition) is 3. The van der Waals surface area contributed by atoms with Gasteiger partial charge in [0.2, 0.25) is 0 Å². The first-order valence-corrected chi connectivity index (χ1v) is 9.00. The Morgan fingerprint density at radius 1 is 1.04 bits per heavy atom. The van der Waals surface area contributed by atoms with E-state index in [1.54, 1.807) is 7.05 Å². The van der Waals surface area contributed by atoms with Crippen molar-refractivity contribution in [3.05, 3.63) is 62.6 Å². The van der Waals surface area contributed by atoms with Gasteiger partial charge in [0.25, 0.3) is 5.56 Å². The topological polar surface area (TPSA) is 114 Å². The largest absolute Gasteiger partial charge is 0.387 e. The van der Waals surface area contributed by atoms with Gasteiger partial charge in [-0.2, -0.15) is 0 Å². The Kier molecular flexibility index (Phi) is 5.50. The number of fused-ring (bicyclic) bond motifs is 1. The molecule has 0 amide bonds.